The first-order valence-corrected chi connectivity index (χ1v) is 7.31. The van der Waals surface area contributed by atoms with Crippen molar-refractivity contribution in [1.82, 2.24) is 4.90 Å². The van der Waals surface area contributed by atoms with Crippen LogP contribution in [0.2, 0.25) is 0 Å². The number of nitrogens with zero attached hydrogens (tertiary/aromatic N) is 1. The summed E-state index contributed by atoms with van der Waals surface area (Å²) in [6.45, 7) is 1.88. The molecule has 0 saturated carbocycles. The maximum absolute atomic E-state index is 13.6. The zero-order chi connectivity index (χ0) is 15.3. The number of carbonyl (C=O) groups is 2. The fraction of sp³-hybridized carbons (Fsp3) is 0.385. The Hall–Kier alpha value is -1.76. The van der Waals surface area contributed by atoms with E-state index < -0.39 is 17.8 Å². The highest BCUT2D eigenvalue weighted by atomic mass is 32.2. The maximum atomic E-state index is 13.6. The minimum atomic E-state index is -1.18. The van der Waals surface area contributed by atoms with Gasteiger partial charge in [0.1, 0.15) is 5.82 Å². The number of aromatic carboxylic acids is 1. The molecule has 0 spiro atoms. The molecular weight excluding hydrogens is 283 g/mol. The van der Waals surface area contributed by atoms with Crippen LogP contribution in [0.4, 0.5) is 14.9 Å². The molecule has 1 rings (SSSR count). The lowest BCUT2D eigenvalue weighted by Crippen LogP contribution is -2.39. The summed E-state index contributed by atoms with van der Waals surface area (Å²) in [5.41, 5.74) is -0.223. The summed E-state index contributed by atoms with van der Waals surface area (Å²) in [4.78, 5) is 24.2. The lowest BCUT2D eigenvalue weighted by atomic mass is 10.2. The second-order valence-electron chi connectivity index (χ2n) is 4.35. The third-order valence-electron chi connectivity index (χ3n) is 2.84. The number of thioether (sulfide) groups is 1. The summed E-state index contributed by atoms with van der Waals surface area (Å²) in [6, 6.07) is 2.77. The van der Waals surface area contributed by atoms with Crippen LogP contribution in [0.15, 0.2) is 18.2 Å². The van der Waals surface area contributed by atoms with Gasteiger partial charge in [-0.05, 0) is 31.4 Å². The first kappa shape index (κ1) is 16.3. The number of rotatable bonds is 5. The van der Waals surface area contributed by atoms with E-state index in [9.17, 15) is 14.0 Å². The standard InChI is InChI=1S/C13H17FN2O3S/c1-8(7-20-3)16(2)13(19)15-11-6-9(12(17)18)4-5-10(11)14/h4-6,8H,7H2,1-3H3,(H,15,19)(H,17,18). The molecule has 1 aromatic carbocycles. The van der Waals surface area contributed by atoms with Crippen molar-refractivity contribution in [2.45, 2.75) is 13.0 Å². The third kappa shape index (κ3) is 4.12. The number of carbonyl (C=O) groups excluding carboxylic acids is 1. The number of anilines is 1. The van der Waals surface area contributed by atoms with Gasteiger partial charge >= 0.3 is 12.0 Å². The molecule has 0 aliphatic carbocycles. The largest absolute Gasteiger partial charge is 0.478 e. The van der Waals surface area contributed by atoms with Crippen molar-refractivity contribution in [3.63, 3.8) is 0 Å². The molecule has 0 heterocycles. The average Bonchev–Trinajstić information content (AvgIpc) is 2.40. The van der Waals surface area contributed by atoms with Crippen molar-refractivity contribution in [2.75, 3.05) is 24.4 Å². The van der Waals surface area contributed by atoms with E-state index in [1.54, 1.807) is 18.8 Å². The topological polar surface area (TPSA) is 69.6 Å². The van der Waals surface area contributed by atoms with Gasteiger partial charge < -0.3 is 15.3 Å². The molecule has 0 bridgehead atoms. The van der Waals surface area contributed by atoms with Gasteiger partial charge in [0, 0.05) is 18.8 Å². The van der Waals surface area contributed by atoms with Crippen LogP contribution in [0, 0.1) is 5.82 Å². The molecule has 7 heteroatoms. The summed E-state index contributed by atoms with van der Waals surface area (Å²) in [6.07, 6.45) is 1.93. The van der Waals surface area contributed by atoms with Gasteiger partial charge in [-0.3, -0.25) is 0 Å². The molecule has 1 unspecified atom stereocenters. The number of hydrogen-bond acceptors (Lipinski definition) is 3. The number of carboxylic acid groups (broad SMARTS) is 1. The average molecular weight is 300 g/mol. The van der Waals surface area contributed by atoms with E-state index in [0.29, 0.717) is 0 Å². The van der Waals surface area contributed by atoms with Gasteiger partial charge in [0.25, 0.3) is 0 Å². The van der Waals surface area contributed by atoms with Crippen molar-refractivity contribution in [3.05, 3.63) is 29.6 Å². The molecule has 0 fully saturated rings. The quantitative estimate of drug-likeness (QED) is 0.877. The third-order valence-corrected chi connectivity index (χ3v) is 3.66. The Balaban J connectivity index is 2.84. The fourth-order valence-electron chi connectivity index (χ4n) is 1.51. The number of nitrogens with one attached hydrogen (secondary N) is 1. The molecular formula is C13H17FN2O3S. The van der Waals surface area contributed by atoms with Crippen LogP contribution in [-0.2, 0) is 0 Å². The molecule has 0 saturated heterocycles. The summed E-state index contributed by atoms with van der Waals surface area (Å²) >= 11 is 1.60. The van der Waals surface area contributed by atoms with Crippen LogP contribution in [0.5, 0.6) is 0 Å². The van der Waals surface area contributed by atoms with Crippen molar-refractivity contribution in [1.29, 1.82) is 0 Å². The van der Waals surface area contributed by atoms with Gasteiger partial charge in [-0.25, -0.2) is 14.0 Å². The second-order valence-corrected chi connectivity index (χ2v) is 5.26. The highest BCUT2D eigenvalue weighted by Gasteiger charge is 2.17. The first-order valence-electron chi connectivity index (χ1n) is 5.92. The molecule has 20 heavy (non-hydrogen) atoms. The Bertz CT molecular complexity index is 510. The summed E-state index contributed by atoms with van der Waals surface area (Å²) in [5.74, 6) is -1.10. The van der Waals surface area contributed by atoms with Crippen LogP contribution in [0.3, 0.4) is 0 Å². The Morgan fingerprint density at radius 2 is 2.15 bits per heavy atom. The van der Waals surface area contributed by atoms with E-state index in [1.807, 2.05) is 13.2 Å². The van der Waals surface area contributed by atoms with Crippen LogP contribution in [-0.4, -0.2) is 47.1 Å². The first-order chi connectivity index (χ1) is 9.36. The molecule has 1 atom stereocenters. The summed E-state index contributed by atoms with van der Waals surface area (Å²) in [7, 11) is 1.61. The predicted molar refractivity (Wildman–Crippen MR) is 78.0 cm³/mol. The molecule has 0 aromatic heterocycles. The number of halogens is 1. The molecule has 5 nitrogen and oxygen atoms in total. The minimum absolute atomic E-state index is 0.0179. The van der Waals surface area contributed by atoms with Gasteiger partial charge in [-0.2, -0.15) is 11.8 Å². The van der Waals surface area contributed by atoms with Gasteiger partial charge in [-0.1, -0.05) is 0 Å². The zero-order valence-corrected chi connectivity index (χ0v) is 12.3. The van der Waals surface area contributed by atoms with E-state index >= 15 is 0 Å². The molecule has 2 amide bonds. The molecule has 1 aromatic rings. The highest BCUT2D eigenvalue weighted by Crippen LogP contribution is 2.17. The van der Waals surface area contributed by atoms with E-state index in [4.69, 9.17) is 5.11 Å². The normalized spacial score (nSPS) is 11.8. The number of carboxylic acids is 1. The number of urea groups is 1. The predicted octanol–water partition coefficient (Wildman–Crippen LogP) is 2.74. The van der Waals surface area contributed by atoms with Gasteiger partial charge in [0.15, 0.2) is 0 Å². The van der Waals surface area contributed by atoms with E-state index in [2.05, 4.69) is 5.32 Å². The van der Waals surface area contributed by atoms with Crippen molar-refractivity contribution >= 4 is 29.4 Å². The van der Waals surface area contributed by atoms with Gasteiger partial charge in [0.05, 0.1) is 11.3 Å². The lowest BCUT2D eigenvalue weighted by Gasteiger charge is -2.24. The van der Waals surface area contributed by atoms with E-state index in [0.717, 1.165) is 24.0 Å². The van der Waals surface area contributed by atoms with Crippen LogP contribution < -0.4 is 5.32 Å². The highest BCUT2D eigenvalue weighted by molar-refractivity contribution is 7.98. The Kier molecular flexibility index (Phi) is 5.82. The van der Waals surface area contributed by atoms with Crippen molar-refractivity contribution < 1.29 is 19.1 Å². The molecule has 110 valence electrons. The number of hydrogen-bond donors (Lipinski definition) is 2. The lowest BCUT2D eigenvalue weighted by molar-refractivity contribution is 0.0697. The van der Waals surface area contributed by atoms with Crippen LogP contribution in [0.1, 0.15) is 17.3 Å². The molecule has 0 aliphatic rings. The Labute approximate surface area is 121 Å². The second kappa shape index (κ2) is 7.14. The Morgan fingerprint density at radius 1 is 1.50 bits per heavy atom. The van der Waals surface area contributed by atoms with E-state index in [-0.39, 0.29) is 17.3 Å². The summed E-state index contributed by atoms with van der Waals surface area (Å²) < 4.78 is 13.6. The van der Waals surface area contributed by atoms with Crippen molar-refractivity contribution in [2.24, 2.45) is 0 Å². The zero-order valence-electron chi connectivity index (χ0n) is 11.5. The molecule has 2 N–H and O–H groups in total. The van der Waals surface area contributed by atoms with Gasteiger partial charge in [0.2, 0.25) is 0 Å². The SMILES string of the molecule is CSCC(C)N(C)C(=O)Nc1cc(C(=O)O)ccc1F. The number of amides is 2. The van der Waals surface area contributed by atoms with Crippen LogP contribution in [0.25, 0.3) is 0 Å². The monoisotopic (exact) mass is 300 g/mol. The molecule has 0 aliphatic heterocycles. The number of benzene rings is 1. The smallest absolute Gasteiger partial charge is 0.335 e. The molecule has 0 radical (unpaired) electrons. The van der Waals surface area contributed by atoms with Gasteiger partial charge in [-0.15, -0.1) is 0 Å². The van der Waals surface area contributed by atoms with Crippen molar-refractivity contribution in [3.8, 4) is 0 Å². The minimum Gasteiger partial charge on any atom is -0.478 e. The Morgan fingerprint density at radius 3 is 2.70 bits per heavy atom. The fourth-order valence-corrected chi connectivity index (χ4v) is 2.22. The maximum Gasteiger partial charge on any atom is 0.335 e. The summed E-state index contributed by atoms with van der Waals surface area (Å²) in [5, 5.41) is 11.2. The van der Waals surface area contributed by atoms with Crippen LogP contribution >= 0.6 is 11.8 Å². The van der Waals surface area contributed by atoms with E-state index in [1.165, 1.54) is 4.90 Å².